The second kappa shape index (κ2) is 9.46. The van der Waals surface area contributed by atoms with Gasteiger partial charge in [-0.2, -0.15) is 0 Å². The molecule has 1 unspecified atom stereocenters. The van der Waals surface area contributed by atoms with E-state index in [0.29, 0.717) is 10.1 Å². The van der Waals surface area contributed by atoms with E-state index in [4.69, 9.17) is 23.8 Å². The highest BCUT2D eigenvalue weighted by Gasteiger charge is 2.26. The summed E-state index contributed by atoms with van der Waals surface area (Å²) in [6, 6.07) is 21.7. The van der Waals surface area contributed by atoms with Crippen molar-refractivity contribution in [2.45, 2.75) is 13.0 Å². The van der Waals surface area contributed by atoms with Gasteiger partial charge in [-0.25, -0.2) is 0 Å². The maximum atomic E-state index is 11.1. The molecule has 3 aromatic carbocycles. The van der Waals surface area contributed by atoms with E-state index in [-0.39, 0.29) is 11.9 Å². The molecule has 0 radical (unpaired) electrons. The molecule has 8 heteroatoms. The van der Waals surface area contributed by atoms with Gasteiger partial charge in [-0.3, -0.25) is 4.79 Å². The van der Waals surface area contributed by atoms with Crippen LogP contribution in [0.1, 0.15) is 18.5 Å². The topological polar surface area (TPSA) is 68.4 Å². The minimum Gasteiger partial charge on any atom is -0.382 e. The summed E-state index contributed by atoms with van der Waals surface area (Å²) in [5.41, 5.74) is 5.72. The summed E-state index contributed by atoms with van der Waals surface area (Å²) in [5.74, 6) is -0.109. The number of hydrogen-bond donors (Lipinski definition) is 4. The van der Waals surface area contributed by atoms with Crippen molar-refractivity contribution in [3.63, 3.8) is 0 Å². The lowest BCUT2D eigenvalue weighted by Gasteiger charge is -2.28. The van der Waals surface area contributed by atoms with Crippen LogP contribution >= 0.6 is 23.8 Å². The van der Waals surface area contributed by atoms with Crippen LogP contribution in [0.15, 0.2) is 66.7 Å². The molecule has 0 aliphatic carbocycles. The fourth-order valence-corrected chi connectivity index (χ4v) is 4.33. The van der Waals surface area contributed by atoms with Crippen molar-refractivity contribution in [1.29, 1.82) is 0 Å². The third kappa shape index (κ3) is 4.95. The van der Waals surface area contributed by atoms with Gasteiger partial charge in [-0.05, 0) is 66.3 Å². The Bertz CT molecular complexity index is 1150. The molecule has 0 spiro atoms. The van der Waals surface area contributed by atoms with Crippen LogP contribution in [0, 0.1) is 0 Å². The predicted molar refractivity (Wildman–Crippen MR) is 138 cm³/mol. The van der Waals surface area contributed by atoms with Crippen LogP contribution in [-0.4, -0.2) is 24.6 Å². The molecule has 4 rings (SSSR count). The lowest BCUT2D eigenvalue weighted by Crippen LogP contribution is -2.26. The van der Waals surface area contributed by atoms with E-state index < -0.39 is 0 Å². The third-order valence-electron chi connectivity index (χ3n) is 5.32. The smallest absolute Gasteiger partial charge is 0.221 e. The Morgan fingerprint density at radius 3 is 2.31 bits per heavy atom. The van der Waals surface area contributed by atoms with Crippen molar-refractivity contribution >= 4 is 63.3 Å². The lowest BCUT2D eigenvalue weighted by molar-refractivity contribution is -0.114. The Balaban J connectivity index is 1.40. The largest absolute Gasteiger partial charge is 0.382 e. The second-order valence-electron chi connectivity index (χ2n) is 7.60. The normalized spacial score (nSPS) is 14.2. The fourth-order valence-electron chi connectivity index (χ4n) is 3.78. The standard InChI is InChI=1S/C24H24ClN5OS/c1-15(31)27-16-7-9-17(10-8-16)28-24(32)29-18-11-12-22(20(25)13-18)30(2)23-14-26-21-6-4-3-5-19(21)23/h3-13,23,26H,14H2,1-2H3,(H,27,31)(H2,28,29,32). The highest BCUT2D eigenvalue weighted by Crippen LogP contribution is 2.38. The Hall–Kier alpha value is -3.29. The number of rotatable bonds is 5. The number of carbonyl (C=O) groups excluding carboxylic acids is 1. The van der Waals surface area contributed by atoms with Crippen LogP contribution in [0.5, 0.6) is 0 Å². The van der Waals surface area contributed by atoms with E-state index in [9.17, 15) is 4.79 Å². The maximum absolute atomic E-state index is 11.1. The van der Waals surface area contributed by atoms with E-state index in [2.05, 4.69) is 51.4 Å². The highest BCUT2D eigenvalue weighted by molar-refractivity contribution is 7.80. The third-order valence-corrected chi connectivity index (χ3v) is 5.83. The summed E-state index contributed by atoms with van der Waals surface area (Å²) in [5, 5.41) is 13.6. The van der Waals surface area contributed by atoms with Crippen LogP contribution < -0.4 is 26.2 Å². The summed E-state index contributed by atoms with van der Waals surface area (Å²) in [6.45, 7) is 2.31. The van der Waals surface area contributed by atoms with E-state index in [0.717, 1.165) is 29.3 Å². The molecule has 1 aliphatic heterocycles. The summed E-state index contributed by atoms with van der Waals surface area (Å²) >= 11 is 12.1. The molecule has 1 aliphatic rings. The summed E-state index contributed by atoms with van der Waals surface area (Å²) in [6.07, 6.45) is 0. The highest BCUT2D eigenvalue weighted by atomic mass is 35.5. The number of nitrogens with zero attached hydrogens (tertiary/aromatic N) is 1. The molecule has 6 nitrogen and oxygen atoms in total. The Morgan fingerprint density at radius 2 is 1.62 bits per heavy atom. The SMILES string of the molecule is CC(=O)Nc1ccc(NC(=S)Nc2ccc(N(C)C3CNc4ccccc43)c(Cl)c2)cc1. The zero-order valence-electron chi connectivity index (χ0n) is 17.8. The van der Waals surface area contributed by atoms with Crippen molar-refractivity contribution in [3.8, 4) is 0 Å². The number of amides is 1. The van der Waals surface area contributed by atoms with Gasteiger partial charge in [-0.15, -0.1) is 0 Å². The first kappa shape index (κ1) is 21.9. The van der Waals surface area contributed by atoms with E-state index in [1.165, 1.54) is 18.2 Å². The summed E-state index contributed by atoms with van der Waals surface area (Å²) in [4.78, 5) is 13.3. The number of likely N-dealkylation sites (N-methyl/N-ethyl adjacent to an activating group) is 1. The number of hydrogen-bond acceptors (Lipinski definition) is 4. The van der Waals surface area contributed by atoms with Gasteiger partial charge in [0.15, 0.2) is 5.11 Å². The van der Waals surface area contributed by atoms with Crippen LogP contribution in [0.4, 0.5) is 28.4 Å². The van der Waals surface area contributed by atoms with Gasteiger partial charge in [0.25, 0.3) is 0 Å². The second-order valence-corrected chi connectivity index (χ2v) is 8.41. The first-order valence-corrected chi connectivity index (χ1v) is 11.0. The number of para-hydroxylation sites is 1. The molecule has 0 bridgehead atoms. The van der Waals surface area contributed by atoms with Gasteiger partial charge < -0.3 is 26.2 Å². The van der Waals surface area contributed by atoms with E-state index in [1.54, 1.807) is 0 Å². The minimum absolute atomic E-state index is 0.109. The molecule has 1 amide bonds. The molecular weight excluding hydrogens is 442 g/mol. The van der Waals surface area contributed by atoms with Gasteiger partial charge >= 0.3 is 0 Å². The zero-order valence-corrected chi connectivity index (χ0v) is 19.3. The average molecular weight is 466 g/mol. The number of fused-ring (bicyclic) bond motifs is 1. The molecule has 0 saturated heterocycles. The molecule has 0 fully saturated rings. The molecule has 3 aromatic rings. The fraction of sp³-hybridized carbons (Fsp3) is 0.167. The quantitative estimate of drug-likeness (QED) is 0.362. The Morgan fingerprint density at radius 1 is 1.00 bits per heavy atom. The van der Waals surface area contributed by atoms with Gasteiger partial charge in [0, 0.05) is 43.3 Å². The summed E-state index contributed by atoms with van der Waals surface area (Å²) in [7, 11) is 2.06. The molecule has 32 heavy (non-hydrogen) atoms. The number of halogens is 1. The van der Waals surface area contributed by atoms with Gasteiger partial charge in [-0.1, -0.05) is 29.8 Å². The van der Waals surface area contributed by atoms with Gasteiger partial charge in [0.1, 0.15) is 0 Å². The lowest BCUT2D eigenvalue weighted by atomic mass is 10.1. The molecule has 1 heterocycles. The van der Waals surface area contributed by atoms with E-state index >= 15 is 0 Å². The van der Waals surface area contributed by atoms with Crippen molar-refractivity contribution in [3.05, 3.63) is 77.3 Å². The Kier molecular flexibility index (Phi) is 6.48. The molecular formula is C24H24ClN5OS. The van der Waals surface area contributed by atoms with Crippen molar-refractivity contribution in [1.82, 2.24) is 0 Å². The Labute approximate surface area is 198 Å². The van der Waals surface area contributed by atoms with Crippen LogP contribution in [-0.2, 0) is 4.79 Å². The number of anilines is 5. The van der Waals surface area contributed by atoms with Crippen LogP contribution in [0.25, 0.3) is 0 Å². The number of carbonyl (C=O) groups is 1. The minimum atomic E-state index is -0.109. The maximum Gasteiger partial charge on any atom is 0.221 e. The number of thiocarbonyl (C=S) groups is 1. The monoisotopic (exact) mass is 465 g/mol. The molecule has 4 N–H and O–H groups in total. The predicted octanol–water partition coefficient (Wildman–Crippen LogP) is 5.71. The van der Waals surface area contributed by atoms with Crippen LogP contribution in [0.2, 0.25) is 5.02 Å². The molecule has 0 saturated carbocycles. The number of nitrogens with one attached hydrogen (secondary N) is 4. The van der Waals surface area contributed by atoms with Gasteiger partial charge in [0.2, 0.25) is 5.91 Å². The van der Waals surface area contributed by atoms with Crippen molar-refractivity contribution in [2.24, 2.45) is 0 Å². The average Bonchev–Trinajstić information content (AvgIpc) is 3.18. The first-order valence-electron chi connectivity index (χ1n) is 10.2. The van der Waals surface area contributed by atoms with Crippen molar-refractivity contribution < 1.29 is 4.79 Å². The summed E-state index contributed by atoms with van der Waals surface area (Å²) < 4.78 is 0. The van der Waals surface area contributed by atoms with E-state index in [1.807, 2.05) is 48.5 Å². The number of benzene rings is 3. The molecule has 0 aromatic heterocycles. The van der Waals surface area contributed by atoms with Crippen LogP contribution in [0.3, 0.4) is 0 Å². The molecule has 1 atom stereocenters. The van der Waals surface area contributed by atoms with Crippen molar-refractivity contribution in [2.75, 3.05) is 39.8 Å². The zero-order chi connectivity index (χ0) is 22.7. The first-order chi connectivity index (χ1) is 15.4. The molecule has 164 valence electrons. The van der Waals surface area contributed by atoms with Gasteiger partial charge in [0.05, 0.1) is 16.8 Å².